The van der Waals surface area contributed by atoms with Gasteiger partial charge >= 0.3 is 0 Å². The number of hydrogen-bond donors (Lipinski definition) is 0. The Labute approximate surface area is 354 Å². The molecular weight excluding hydrogens is 725 g/mol. The molecule has 0 saturated heterocycles. The predicted octanol–water partition coefficient (Wildman–Crippen LogP) is 15.9. The summed E-state index contributed by atoms with van der Waals surface area (Å²) in [5, 5.41) is 2.55. The van der Waals surface area contributed by atoms with Gasteiger partial charge in [-0.25, -0.2) is 0 Å². The van der Waals surface area contributed by atoms with Crippen LogP contribution >= 0.6 is 0 Å². The van der Waals surface area contributed by atoms with E-state index in [1.807, 2.05) is 0 Å². The molecule has 0 radical (unpaired) electrons. The van der Waals surface area contributed by atoms with Gasteiger partial charge in [-0.1, -0.05) is 157 Å². The molecule has 292 valence electrons. The van der Waals surface area contributed by atoms with Crippen molar-refractivity contribution in [2.45, 2.75) is 64.2 Å². The average Bonchev–Trinajstić information content (AvgIpc) is 3.79. The third-order valence-electron chi connectivity index (χ3n) is 13.8. The Bertz CT molecular complexity index is 3120. The molecule has 2 heteroatoms. The maximum atomic E-state index is 2.47. The Kier molecular flexibility index (Phi) is 8.01. The lowest BCUT2D eigenvalue weighted by atomic mass is 9.82. The van der Waals surface area contributed by atoms with Crippen molar-refractivity contribution >= 4 is 38.9 Å². The summed E-state index contributed by atoms with van der Waals surface area (Å²) in [7, 11) is 0. The summed E-state index contributed by atoms with van der Waals surface area (Å²) in [5.41, 5.74) is 20.6. The quantitative estimate of drug-likeness (QED) is 0.163. The van der Waals surface area contributed by atoms with E-state index >= 15 is 0 Å². The van der Waals surface area contributed by atoms with Crippen LogP contribution in [0.2, 0.25) is 0 Å². The van der Waals surface area contributed by atoms with Crippen molar-refractivity contribution in [3.05, 3.63) is 204 Å². The zero-order valence-electron chi connectivity index (χ0n) is 35.4. The highest BCUT2D eigenvalue weighted by Gasteiger charge is 2.42. The second-order valence-corrected chi connectivity index (χ2v) is 19.0. The van der Waals surface area contributed by atoms with E-state index in [2.05, 4.69) is 233 Å². The van der Waals surface area contributed by atoms with E-state index < -0.39 is 0 Å². The normalized spacial score (nSPS) is 15.5. The standard InChI is InChI=1S/C58H50N2/c1-56(2)37-57(3,4)53-36-45(30-32-51(53)56)60-54-19-13-11-17-48(54)49-34-41(24-33-55(49)60)40-22-27-43(28-23-40)59(42-25-20-39(21-26-42)38-14-8-7-9-15-38)44-29-31-47-46-16-10-12-18-50(46)58(5,6)52(47)35-44/h7-36H,37H2,1-6H3. The van der Waals surface area contributed by atoms with Crippen molar-refractivity contribution in [1.29, 1.82) is 0 Å². The molecule has 0 atom stereocenters. The molecule has 2 nitrogen and oxygen atoms in total. The van der Waals surface area contributed by atoms with Gasteiger partial charge in [0.25, 0.3) is 0 Å². The zero-order chi connectivity index (χ0) is 41.0. The van der Waals surface area contributed by atoms with Gasteiger partial charge in [-0.05, 0) is 140 Å². The van der Waals surface area contributed by atoms with Crippen molar-refractivity contribution in [1.82, 2.24) is 4.57 Å². The zero-order valence-corrected chi connectivity index (χ0v) is 35.4. The molecule has 1 aromatic heterocycles. The van der Waals surface area contributed by atoms with Gasteiger partial charge < -0.3 is 9.47 Å². The Balaban J connectivity index is 0.995. The first-order chi connectivity index (χ1) is 29.0. The summed E-state index contributed by atoms with van der Waals surface area (Å²) in [4.78, 5) is 2.41. The summed E-state index contributed by atoms with van der Waals surface area (Å²) < 4.78 is 2.47. The van der Waals surface area contributed by atoms with Crippen LogP contribution in [0.25, 0.3) is 60.9 Å². The fourth-order valence-electron chi connectivity index (χ4n) is 11.1. The van der Waals surface area contributed by atoms with E-state index in [0.29, 0.717) is 0 Å². The Hall–Kier alpha value is -6.64. The summed E-state index contributed by atoms with van der Waals surface area (Å²) in [6, 6.07) is 67.8. The van der Waals surface area contributed by atoms with Crippen molar-refractivity contribution in [2.24, 2.45) is 0 Å². The van der Waals surface area contributed by atoms with Crippen LogP contribution in [0.15, 0.2) is 182 Å². The van der Waals surface area contributed by atoms with E-state index in [1.165, 1.54) is 83.1 Å². The van der Waals surface area contributed by atoms with Crippen molar-refractivity contribution in [2.75, 3.05) is 4.90 Å². The lowest BCUT2D eigenvalue weighted by Gasteiger charge is -2.28. The molecule has 0 saturated carbocycles. The highest BCUT2D eigenvalue weighted by atomic mass is 15.1. The maximum absolute atomic E-state index is 2.47. The van der Waals surface area contributed by atoms with E-state index in [4.69, 9.17) is 0 Å². The minimum Gasteiger partial charge on any atom is -0.310 e. The fraction of sp³-hybridized carbons (Fsp3) is 0.172. The van der Waals surface area contributed by atoms with Gasteiger partial charge in [-0.2, -0.15) is 0 Å². The lowest BCUT2D eigenvalue weighted by Crippen LogP contribution is -2.18. The van der Waals surface area contributed by atoms with Crippen LogP contribution in [0.3, 0.4) is 0 Å². The molecule has 0 aliphatic heterocycles. The molecule has 0 unspecified atom stereocenters. The van der Waals surface area contributed by atoms with Gasteiger partial charge in [-0.15, -0.1) is 0 Å². The molecule has 1 heterocycles. The molecule has 0 amide bonds. The number of anilines is 3. The molecule has 2 aliphatic rings. The minimum absolute atomic E-state index is 0.0928. The summed E-state index contributed by atoms with van der Waals surface area (Å²) >= 11 is 0. The average molecular weight is 775 g/mol. The molecule has 60 heavy (non-hydrogen) atoms. The molecule has 9 aromatic rings. The number of hydrogen-bond acceptors (Lipinski definition) is 1. The first-order valence-electron chi connectivity index (χ1n) is 21.5. The molecule has 0 N–H and O–H groups in total. The first kappa shape index (κ1) is 36.4. The summed E-state index contributed by atoms with van der Waals surface area (Å²) in [6.45, 7) is 14.3. The molecule has 0 bridgehead atoms. The van der Waals surface area contributed by atoms with E-state index in [0.717, 1.165) is 23.5 Å². The Morgan fingerprint density at radius 2 is 0.950 bits per heavy atom. The van der Waals surface area contributed by atoms with Crippen LogP contribution in [0.1, 0.15) is 70.2 Å². The van der Waals surface area contributed by atoms with Gasteiger partial charge in [0, 0.05) is 38.9 Å². The van der Waals surface area contributed by atoms with Crippen LogP contribution in [0.4, 0.5) is 17.1 Å². The van der Waals surface area contributed by atoms with Crippen molar-refractivity contribution < 1.29 is 0 Å². The van der Waals surface area contributed by atoms with Crippen molar-refractivity contribution in [3.8, 4) is 39.1 Å². The predicted molar refractivity (Wildman–Crippen MR) is 255 cm³/mol. The van der Waals surface area contributed by atoms with Crippen LogP contribution in [0, 0.1) is 0 Å². The SMILES string of the molecule is CC1(C)CC(C)(C)c2cc(-n3c4ccccc4c4cc(-c5ccc(N(c6ccc(-c7ccccc7)cc6)c6ccc7c(c6)C(C)(C)c6ccccc6-7)cc5)ccc43)ccc21. The van der Waals surface area contributed by atoms with Gasteiger partial charge in [-0.3, -0.25) is 0 Å². The van der Waals surface area contributed by atoms with Gasteiger partial charge in [0.05, 0.1) is 11.0 Å². The highest BCUT2D eigenvalue weighted by Crippen LogP contribution is 2.52. The summed E-state index contributed by atoms with van der Waals surface area (Å²) in [6.07, 6.45) is 1.16. The molecule has 11 rings (SSSR count). The molecule has 0 spiro atoms. The number of benzene rings is 8. The number of rotatable bonds is 6. The first-order valence-corrected chi connectivity index (χ1v) is 21.5. The third-order valence-corrected chi connectivity index (χ3v) is 13.8. The highest BCUT2D eigenvalue weighted by molar-refractivity contribution is 6.10. The molecule has 0 fully saturated rings. The van der Waals surface area contributed by atoms with E-state index in [-0.39, 0.29) is 16.2 Å². The second kappa shape index (κ2) is 13.2. The van der Waals surface area contributed by atoms with E-state index in [1.54, 1.807) is 0 Å². The minimum atomic E-state index is -0.0928. The van der Waals surface area contributed by atoms with Crippen LogP contribution < -0.4 is 4.90 Å². The topological polar surface area (TPSA) is 8.17 Å². The lowest BCUT2D eigenvalue weighted by molar-refractivity contribution is 0.403. The number of aromatic nitrogens is 1. The van der Waals surface area contributed by atoms with Gasteiger partial charge in [0.2, 0.25) is 0 Å². The van der Waals surface area contributed by atoms with Crippen molar-refractivity contribution in [3.63, 3.8) is 0 Å². The van der Waals surface area contributed by atoms with Crippen LogP contribution in [-0.4, -0.2) is 4.57 Å². The van der Waals surface area contributed by atoms with Crippen LogP contribution in [-0.2, 0) is 16.2 Å². The molecule has 2 aliphatic carbocycles. The molecule has 8 aromatic carbocycles. The Morgan fingerprint density at radius 1 is 0.383 bits per heavy atom. The maximum Gasteiger partial charge on any atom is 0.0541 e. The number of fused-ring (bicyclic) bond motifs is 7. The van der Waals surface area contributed by atoms with E-state index in [9.17, 15) is 0 Å². The third kappa shape index (κ3) is 5.61. The second-order valence-electron chi connectivity index (χ2n) is 19.0. The van der Waals surface area contributed by atoms with Gasteiger partial charge in [0.15, 0.2) is 0 Å². The fourth-order valence-corrected chi connectivity index (χ4v) is 11.1. The number of para-hydroxylation sites is 1. The van der Waals surface area contributed by atoms with Gasteiger partial charge in [0.1, 0.15) is 0 Å². The smallest absolute Gasteiger partial charge is 0.0541 e. The summed E-state index contributed by atoms with van der Waals surface area (Å²) in [5.74, 6) is 0. The largest absolute Gasteiger partial charge is 0.310 e. The monoisotopic (exact) mass is 774 g/mol. The number of nitrogens with zero attached hydrogens (tertiary/aromatic N) is 2. The van der Waals surface area contributed by atoms with Crippen LogP contribution in [0.5, 0.6) is 0 Å². The molecular formula is C58H50N2. The Morgan fingerprint density at radius 3 is 1.70 bits per heavy atom.